The Morgan fingerprint density at radius 1 is 1.42 bits per heavy atom. The van der Waals surface area contributed by atoms with Gasteiger partial charge in [0.2, 0.25) is 0 Å². The van der Waals surface area contributed by atoms with Crippen molar-refractivity contribution in [3.63, 3.8) is 0 Å². The van der Waals surface area contributed by atoms with E-state index in [1.54, 1.807) is 0 Å². The zero-order chi connectivity index (χ0) is 14.4. The average Bonchev–Trinajstić information content (AvgIpc) is 2.36. The predicted octanol–water partition coefficient (Wildman–Crippen LogP) is 2.31. The molecule has 1 aromatic rings. The van der Waals surface area contributed by atoms with Crippen molar-refractivity contribution >= 4 is 5.91 Å². The molecule has 0 aromatic heterocycles. The standard InChI is InChI=1S/C15H24N2O2/c1-5-11(3)17-15(18)9-19-14-7-6-13(12(4)16)8-10(14)2/h6-8,11-12H,5,9,16H2,1-4H3,(H,17,18). The first-order chi connectivity index (χ1) is 8.93. The summed E-state index contributed by atoms with van der Waals surface area (Å²) < 4.78 is 5.53. The number of amides is 1. The maximum Gasteiger partial charge on any atom is 0.258 e. The highest BCUT2D eigenvalue weighted by Crippen LogP contribution is 2.21. The van der Waals surface area contributed by atoms with E-state index in [2.05, 4.69) is 5.32 Å². The highest BCUT2D eigenvalue weighted by Gasteiger charge is 2.08. The molecule has 1 amide bonds. The van der Waals surface area contributed by atoms with Crippen molar-refractivity contribution in [3.8, 4) is 5.75 Å². The number of nitrogens with one attached hydrogen (secondary N) is 1. The van der Waals surface area contributed by atoms with Gasteiger partial charge in [-0.15, -0.1) is 0 Å². The van der Waals surface area contributed by atoms with Crippen molar-refractivity contribution in [1.82, 2.24) is 5.32 Å². The molecule has 19 heavy (non-hydrogen) atoms. The lowest BCUT2D eigenvalue weighted by atomic mass is 10.1. The van der Waals surface area contributed by atoms with E-state index < -0.39 is 0 Å². The van der Waals surface area contributed by atoms with Crippen LogP contribution in [0.3, 0.4) is 0 Å². The van der Waals surface area contributed by atoms with Crippen LogP contribution >= 0.6 is 0 Å². The van der Waals surface area contributed by atoms with E-state index in [9.17, 15) is 4.79 Å². The normalized spacial score (nSPS) is 13.7. The lowest BCUT2D eigenvalue weighted by Crippen LogP contribution is -2.35. The number of nitrogens with two attached hydrogens (primary N) is 1. The molecule has 1 rings (SSSR count). The number of benzene rings is 1. The van der Waals surface area contributed by atoms with E-state index in [4.69, 9.17) is 10.5 Å². The van der Waals surface area contributed by atoms with E-state index in [-0.39, 0.29) is 24.6 Å². The van der Waals surface area contributed by atoms with Crippen LogP contribution in [0.1, 0.15) is 44.4 Å². The molecule has 0 heterocycles. The highest BCUT2D eigenvalue weighted by molar-refractivity contribution is 5.77. The van der Waals surface area contributed by atoms with Gasteiger partial charge in [-0.25, -0.2) is 0 Å². The minimum atomic E-state index is -0.0926. The lowest BCUT2D eigenvalue weighted by Gasteiger charge is -2.14. The smallest absolute Gasteiger partial charge is 0.258 e. The molecule has 2 unspecified atom stereocenters. The van der Waals surface area contributed by atoms with Gasteiger partial charge in [0.25, 0.3) is 5.91 Å². The Bertz CT molecular complexity index is 430. The van der Waals surface area contributed by atoms with Crippen molar-refractivity contribution in [2.24, 2.45) is 5.73 Å². The molecular formula is C15H24N2O2. The van der Waals surface area contributed by atoms with Crippen LogP contribution in [-0.2, 0) is 4.79 Å². The number of carbonyl (C=O) groups is 1. The van der Waals surface area contributed by atoms with E-state index >= 15 is 0 Å². The molecule has 0 fully saturated rings. The molecule has 3 N–H and O–H groups in total. The zero-order valence-electron chi connectivity index (χ0n) is 12.2. The minimum Gasteiger partial charge on any atom is -0.484 e. The largest absolute Gasteiger partial charge is 0.484 e. The van der Waals surface area contributed by atoms with Gasteiger partial charge in [-0.2, -0.15) is 0 Å². The number of rotatable bonds is 6. The molecular weight excluding hydrogens is 240 g/mol. The van der Waals surface area contributed by atoms with Gasteiger partial charge < -0.3 is 15.8 Å². The fourth-order valence-corrected chi connectivity index (χ4v) is 1.68. The Morgan fingerprint density at radius 3 is 2.63 bits per heavy atom. The van der Waals surface area contributed by atoms with E-state index in [1.165, 1.54) is 0 Å². The summed E-state index contributed by atoms with van der Waals surface area (Å²) in [5.41, 5.74) is 7.88. The third kappa shape index (κ3) is 4.91. The van der Waals surface area contributed by atoms with Gasteiger partial charge in [-0.3, -0.25) is 4.79 Å². The van der Waals surface area contributed by atoms with Crippen LogP contribution < -0.4 is 15.8 Å². The Morgan fingerprint density at radius 2 is 2.11 bits per heavy atom. The molecule has 0 aliphatic heterocycles. The van der Waals surface area contributed by atoms with Gasteiger partial charge in [-0.1, -0.05) is 19.1 Å². The second kappa shape index (κ2) is 7.14. The average molecular weight is 264 g/mol. The molecule has 2 atom stereocenters. The first kappa shape index (κ1) is 15.5. The van der Waals surface area contributed by atoms with Crippen LogP contribution in [0.25, 0.3) is 0 Å². The summed E-state index contributed by atoms with van der Waals surface area (Å²) in [6.07, 6.45) is 0.911. The summed E-state index contributed by atoms with van der Waals surface area (Å²) in [6.45, 7) is 7.94. The molecule has 0 spiro atoms. The summed E-state index contributed by atoms with van der Waals surface area (Å²) >= 11 is 0. The number of hydrogen-bond donors (Lipinski definition) is 2. The minimum absolute atomic E-state index is 0.00134. The second-order valence-corrected chi connectivity index (χ2v) is 4.98. The van der Waals surface area contributed by atoms with Gasteiger partial charge in [0.05, 0.1) is 0 Å². The molecule has 106 valence electrons. The van der Waals surface area contributed by atoms with Crippen LogP contribution in [0, 0.1) is 6.92 Å². The van der Waals surface area contributed by atoms with Crippen molar-refractivity contribution < 1.29 is 9.53 Å². The molecule has 0 radical (unpaired) electrons. The van der Waals surface area contributed by atoms with Crippen LogP contribution in [-0.4, -0.2) is 18.6 Å². The van der Waals surface area contributed by atoms with Crippen molar-refractivity contribution in [1.29, 1.82) is 0 Å². The first-order valence-corrected chi connectivity index (χ1v) is 6.72. The van der Waals surface area contributed by atoms with Crippen molar-refractivity contribution in [2.45, 2.75) is 46.2 Å². The number of ether oxygens (including phenoxy) is 1. The summed E-state index contributed by atoms with van der Waals surface area (Å²) in [6, 6.07) is 5.97. The van der Waals surface area contributed by atoms with E-state index in [1.807, 2.05) is 45.9 Å². The number of carbonyl (C=O) groups excluding carboxylic acids is 1. The second-order valence-electron chi connectivity index (χ2n) is 4.98. The third-order valence-corrected chi connectivity index (χ3v) is 3.10. The Balaban J connectivity index is 2.56. The van der Waals surface area contributed by atoms with E-state index in [0.29, 0.717) is 0 Å². The van der Waals surface area contributed by atoms with Gasteiger partial charge in [0.15, 0.2) is 6.61 Å². The number of aryl methyl sites for hydroxylation is 1. The Hall–Kier alpha value is -1.55. The molecule has 0 saturated heterocycles. The SMILES string of the molecule is CCC(C)NC(=O)COc1ccc(C(C)N)cc1C. The fourth-order valence-electron chi connectivity index (χ4n) is 1.68. The van der Waals surface area contributed by atoms with Crippen LogP contribution in [0.4, 0.5) is 0 Å². The maximum atomic E-state index is 11.6. The fraction of sp³-hybridized carbons (Fsp3) is 0.533. The predicted molar refractivity (Wildman–Crippen MR) is 77.2 cm³/mol. The Kier molecular flexibility index (Phi) is 5.83. The van der Waals surface area contributed by atoms with Crippen molar-refractivity contribution in [2.75, 3.05) is 6.61 Å². The van der Waals surface area contributed by atoms with Gasteiger partial charge in [0, 0.05) is 12.1 Å². The van der Waals surface area contributed by atoms with Crippen LogP contribution in [0.2, 0.25) is 0 Å². The van der Waals surface area contributed by atoms with E-state index in [0.717, 1.165) is 23.3 Å². The van der Waals surface area contributed by atoms with Crippen LogP contribution in [0.15, 0.2) is 18.2 Å². The monoisotopic (exact) mass is 264 g/mol. The summed E-state index contributed by atoms with van der Waals surface area (Å²) in [4.78, 5) is 11.6. The van der Waals surface area contributed by atoms with Gasteiger partial charge in [0.1, 0.15) is 5.75 Å². The van der Waals surface area contributed by atoms with Crippen molar-refractivity contribution in [3.05, 3.63) is 29.3 Å². The molecule has 1 aromatic carbocycles. The highest BCUT2D eigenvalue weighted by atomic mass is 16.5. The zero-order valence-corrected chi connectivity index (χ0v) is 12.2. The molecule has 0 aliphatic rings. The summed E-state index contributed by atoms with van der Waals surface area (Å²) in [5.74, 6) is 0.633. The lowest BCUT2D eigenvalue weighted by molar-refractivity contribution is -0.123. The Labute approximate surface area is 115 Å². The third-order valence-electron chi connectivity index (χ3n) is 3.10. The maximum absolute atomic E-state index is 11.6. The van der Waals surface area contributed by atoms with Gasteiger partial charge >= 0.3 is 0 Å². The quantitative estimate of drug-likeness (QED) is 0.828. The molecule has 4 heteroatoms. The van der Waals surface area contributed by atoms with Gasteiger partial charge in [-0.05, 0) is 44.4 Å². The molecule has 4 nitrogen and oxygen atoms in total. The summed E-state index contributed by atoms with van der Waals surface area (Å²) in [5, 5.41) is 2.86. The topological polar surface area (TPSA) is 64.3 Å². The first-order valence-electron chi connectivity index (χ1n) is 6.72. The molecule has 0 aliphatic carbocycles. The molecule has 0 saturated carbocycles. The van der Waals surface area contributed by atoms with Crippen LogP contribution in [0.5, 0.6) is 5.75 Å². The summed E-state index contributed by atoms with van der Waals surface area (Å²) in [7, 11) is 0. The molecule has 0 bridgehead atoms. The number of hydrogen-bond acceptors (Lipinski definition) is 3.